The summed E-state index contributed by atoms with van der Waals surface area (Å²) in [6.45, 7) is 0. The first-order chi connectivity index (χ1) is 18.7. The molecule has 4 aliphatic rings. The van der Waals surface area contributed by atoms with Gasteiger partial charge in [0.25, 0.3) is 0 Å². The molecule has 0 atom stereocenters. The molecule has 9 heteroatoms. The van der Waals surface area contributed by atoms with Gasteiger partial charge in [0.05, 0.1) is 0 Å². The van der Waals surface area contributed by atoms with Gasteiger partial charge < -0.3 is 4.74 Å². The third kappa shape index (κ3) is 4.58. The van der Waals surface area contributed by atoms with Gasteiger partial charge in [-0.15, -0.1) is 0 Å². The Bertz CT molecular complexity index is 1310. The van der Waals surface area contributed by atoms with Crippen LogP contribution in [0, 0.1) is 23.7 Å². The Kier molecular flexibility index (Phi) is 6.80. The van der Waals surface area contributed by atoms with Gasteiger partial charge in [-0.2, -0.15) is 17.2 Å². The van der Waals surface area contributed by atoms with Crippen LogP contribution in [0.5, 0.6) is 0 Å². The van der Waals surface area contributed by atoms with Crippen molar-refractivity contribution in [2.24, 2.45) is 23.7 Å². The number of rotatable bonds is 8. The molecule has 0 saturated heterocycles. The van der Waals surface area contributed by atoms with Crippen molar-refractivity contribution in [3.05, 3.63) is 91.0 Å². The van der Waals surface area contributed by atoms with Crippen LogP contribution in [0.4, 0.5) is 8.78 Å². The minimum absolute atomic E-state index is 0.00675. The molecule has 0 radical (unpaired) electrons. The Balaban J connectivity index is 1.38. The molecule has 3 aromatic carbocycles. The van der Waals surface area contributed by atoms with Crippen LogP contribution in [-0.2, 0) is 23.3 Å². The minimum atomic E-state index is -5.81. The second-order valence-corrected chi connectivity index (χ2v) is 15.3. The summed E-state index contributed by atoms with van der Waals surface area (Å²) in [6, 6.07) is 25.3. The first kappa shape index (κ1) is 26.5. The summed E-state index contributed by atoms with van der Waals surface area (Å²) in [5.74, 6) is -0.953. The number of carbonyl (C=O) groups is 1. The standard InChI is InChI=1S/C30H30F2O5S2/c31-30(32,29(33)36-28-23-17-21-16-22(19-23)20-24(28)18-21)39(34,35)37-38(25-10-4-1-5-11-25,26-12-6-2-7-13-26)27-14-8-3-9-15-27/h1-15,21-24,28H,16-20H2. The quantitative estimate of drug-likeness (QED) is 0.267. The van der Waals surface area contributed by atoms with Gasteiger partial charge >= 0.3 is 21.3 Å². The molecule has 0 aliphatic heterocycles. The molecule has 0 amide bonds. The maximum atomic E-state index is 15.7. The smallest absolute Gasteiger partial charge is 0.456 e. The van der Waals surface area contributed by atoms with Crippen LogP contribution in [0.15, 0.2) is 106 Å². The molecule has 0 heterocycles. The van der Waals surface area contributed by atoms with E-state index in [1.54, 1.807) is 91.0 Å². The normalized spacial score (nSPS) is 26.8. The van der Waals surface area contributed by atoms with Crippen molar-refractivity contribution in [3.63, 3.8) is 0 Å². The van der Waals surface area contributed by atoms with Crippen molar-refractivity contribution >= 4 is 26.4 Å². The number of esters is 1. The van der Waals surface area contributed by atoms with E-state index in [9.17, 15) is 13.2 Å². The molecule has 4 saturated carbocycles. The van der Waals surface area contributed by atoms with Gasteiger partial charge in [-0.1, -0.05) is 54.6 Å². The lowest BCUT2D eigenvalue weighted by atomic mass is 9.55. The van der Waals surface area contributed by atoms with Gasteiger partial charge in [-0.25, -0.2) is 8.42 Å². The molecule has 0 unspecified atom stereocenters. The van der Waals surface area contributed by atoms with Crippen LogP contribution >= 0.6 is 10.3 Å². The molecular formula is C30H30F2O5S2. The molecule has 4 bridgehead atoms. The van der Waals surface area contributed by atoms with Crippen LogP contribution in [0.25, 0.3) is 0 Å². The number of halogens is 2. The zero-order valence-electron chi connectivity index (χ0n) is 21.2. The highest BCUT2D eigenvalue weighted by atomic mass is 32.3. The van der Waals surface area contributed by atoms with E-state index in [0.717, 1.165) is 32.1 Å². The third-order valence-electron chi connectivity index (χ3n) is 8.35. The summed E-state index contributed by atoms with van der Waals surface area (Å²) in [5, 5.41) is -4.89. The molecule has 0 spiro atoms. The SMILES string of the molecule is O=C(OC1C2CC3CC(C2)CC1C3)C(F)(F)S(=O)(=O)OS(c1ccccc1)(c1ccccc1)c1ccccc1. The summed E-state index contributed by atoms with van der Waals surface area (Å²) in [4.78, 5) is 14.2. The lowest BCUT2D eigenvalue weighted by Crippen LogP contribution is -2.52. The van der Waals surface area contributed by atoms with E-state index >= 15 is 8.78 Å². The highest BCUT2D eigenvalue weighted by Crippen LogP contribution is 2.70. The monoisotopic (exact) mass is 572 g/mol. The van der Waals surface area contributed by atoms with E-state index in [1.165, 1.54) is 0 Å². The highest BCUT2D eigenvalue weighted by molar-refractivity contribution is 8.33. The fraction of sp³-hybridized carbons (Fsp3) is 0.367. The average Bonchev–Trinajstić information content (AvgIpc) is 2.94. The fourth-order valence-corrected chi connectivity index (χ4v) is 12.0. The summed E-state index contributed by atoms with van der Waals surface area (Å²) in [7, 11) is -9.04. The van der Waals surface area contributed by atoms with Gasteiger partial charge in [-0.3, -0.25) is 0 Å². The van der Waals surface area contributed by atoms with Crippen LogP contribution in [-0.4, -0.2) is 25.7 Å². The number of hydrogen-bond donors (Lipinski definition) is 0. The molecule has 3 aromatic rings. The number of ether oxygens (including phenoxy) is 1. The minimum Gasteiger partial charge on any atom is -0.456 e. The number of hydrogen-bond acceptors (Lipinski definition) is 5. The van der Waals surface area contributed by atoms with E-state index in [0.29, 0.717) is 26.5 Å². The Morgan fingerprint density at radius 3 is 1.44 bits per heavy atom. The molecule has 206 valence electrons. The van der Waals surface area contributed by atoms with E-state index < -0.39 is 37.8 Å². The average molecular weight is 573 g/mol. The van der Waals surface area contributed by atoms with E-state index in [1.807, 2.05) is 0 Å². The predicted molar refractivity (Wildman–Crippen MR) is 144 cm³/mol. The van der Waals surface area contributed by atoms with Crippen LogP contribution in [0.1, 0.15) is 32.1 Å². The number of carbonyl (C=O) groups excluding carboxylic acids is 1. The maximum absolute atomic E-state index is 15.7. The van der Waals surface area contributed by atoms with Crippen molar-refractivity contribution in [2.45, 2.75) is 58.1 Å². The Hall–Kier alpha value is -2.75. The van der Waals surface area contributed by atoms with Gasteiger partial charge in [-0.05, 0) is 102 Å². The fourth-order valence-electron chi connectivity index (χ4n) is 6.90. The Labute approximate surface area is 229 Å². The molecule has 0 aromatic heterocycles. The van der Waals surface area contributed by atoms with Crippen LogP contribution < -0.4 is 0 Å². The number of benzene rings is 3. The predicted octanol–water partition coefficient (Wildman–Crippen LogP) is 7.19. The number of alkyl halides is 2. The van der Waals surface area contributed by atoms with Crippen LogP contribution in [0.3, 0.4) is 0 Å². The summed E-state index contributed by atoms with van der Waals surface area (Å²) in [5.41, 5.74) is 0. The largest absolute Gasteiger partial charge is 0.466 e. The molecule has 4 fully saturated rings. The second-order valence-electron chi connectivity index (χ2n) is 10.8. The highest BCUT2D eigenvalue weighted by Gasteiger charge is 2.61. The van der Waals surface area contributed by atoms with Crippen molar-refractivity contribution in [2.75, 3.05) is 0 Å². The molecule has 39 heavy (non-hydrogen) atoms. The molecule has 0 N–H and O–H groups in total. The van der Waals surface area contributed by atoms with E-state index in [2.05, 4.69) is 0 Å². The zero-order valence-corrected chi connectivity index (χ0v) is 22.8. The van der Waals surface area contributed by atoms with E-state index in [-0.39, 0.29) is 11.8 Å². The lowest BCUT2D eigenvalue weighted by Gasteiger charge is -2.53. The van der Waals surface area contributed by atoms with Crippen molar-refractivity contribution in [3.8, 4) is 0 Å². The van der Waals surface area contributed by atoms with E-state index in [4.69, 9.17) is 8.37 Å². The maximum Gasteiger partial charge on any atom is 0.466 e. The van der Waals surface area contributed by atoms with Gasteiger partial charge in [0.2, 0.25) is 0 Å². The Morgan fingerprint density at radius 2 is 1.05 bits per heavy atom. The molecular weight excluding hydrogens is 542 g/mol. The Morgan fingerprint density at radius 1 is 0.667 bits per heavy atom. The summed E-state index contributed by atoms with van der Waals surface area (Å²) >= 11 is 0. The van der Waals surface area contributed by atoms with Crippen molar-refractivity contribution in [1.82, 2.24) is 0 Å². The second kappa shape index (κ2) is 10.0. The van der Waals surface area contributed by atoms with Gasteiger partial charge in [0.15, 0.2) is 0 Å². The van der Waals surface area contributed by atoms with Gasteiger partial charge in [0, 0.05) is 14.7 Å². The summed E-state index contributed by atoms with van der Waals surface area (Å²) in [6.07, 6.45) is 3.81. The molecule has 5 nitrogen and oxygen atoms in total. The zero-order chi connectivity index (χ0) is 27.3. The first-order valence-electron chi connectivity index (χ1n) is 13.2. The van der Waals surface area contributed by atoms with Crippen molar-refractivity contribution < 1.29 is 30.4 Å². The van der Waals surface area contributed by atoms with Gasteiger partial charge in [0.1, 0.15) is 6.10 Å². The molecule has 4 aliphatic carbocycles. The first-order valence-corrected chi connectivity index (χ1v) is 16.2. The lowest BCUT2D eigenvalue weighted by molar-refractivity contribution is -0.186. The topological polar surface area (TPSA) is 69.7 Å². The third-order valence-corrected chi connectivity index (χ3v) is 13.5. The van der Waals surface area contributed by atoms with Crippen LogP contribution in [0.2, 0.25) is 0 Å². The van der Waals surface area contributed by atoms with Crippen molar-refractivity contribution in [1.29, 1.82) is 0 Å². The molecule has 7 rings (SSSR count). The summed E-state index contributed by atoms with van der Waals surface area (Å²) < 4.78 is 69.5.